The number of hydrogen-bond donors (Lipinski definition) is 0. The van der Waals surface area contributed by atoms with Crippen LogP contribution in [-0.2, 0) is 4.74 Å². The predicted molar refractivity (Wildman–Crippen MR) is 93.3 cm³/mol. The first-order valence-electron chi connectivity index (χ1n) is 9.00. The molecule has 0 spiro atoms. The Labute approximate surface area is 147 Å². The van der Waals surface area contributed by atoms with Crippen LogP contribution in [0.15, 0.2) is 48.5 Å². The van der Waals surface area contributed by atoms with Crippen LogP contribution >= 0.6 is 0 Å². The summed E-state index contributed by atoms with van der Waals surface area (Å²) < 4.78 is 33.2. The second-order valence-electron chi connectivity index (χ2n) is 7.21. The number of hydrogen-bond acceptors (Lipinski definition) is 2. The lowest BCUT2D eigenvalue weighted by molar-refractivity contribution is -0.0126. The molecule has 2 aromatic rings. The summed E-state index contributed by atoms with van der Waals surface area (Å²) in [5.74, 6) is -0.531. The summed E-state index contributed by atoms with van der Waals surface area (Å²) >= 11 is 0. The van der Waals surface area contributed by atoms with Gasteiger partial charge in [-0.15, -0.1) is 0 Å². The Morgan fingerprint density at radius 1 is 0.920 bits per heavy atom. The highest BCUT2D eigenvalue weighted by Gasteiger charge is 2.43. The van der Waals surface area contributed by atoms with E-state index in [2.05, 4.69) is 11.9 Å². The van der Waals surface area contributed by atoms with Crippen molar-refractivity contribution in [2.24, 2.45) is 0 Å². The van der Waals surface area contributed by atoms with Crippen molar-refractivity contribution in [1.29, 1.82) is 0 Å². The van der Waals surface area contributed by atoms with Crippen molar-refractivity contribution in [3.63, 3.8) is 0 Å². The maximum absolute atomic E-state index is 13.3. The summed E-state index contributed by atoms with van der Waals surface area (Å²) in [5.41, 5.74) is 1.80. The summed E-state index contributed by atoms with van der Waals surface area (Å²) in [7, 11) is 2.18. The fourth-order valence-electron chi connectivity index (χ4n) is 4.34. The van der Waals surface area contributed by atoms with E-state index in [4.69, 9.17) is 4.74 Å². The summed E-state index contributed by atoms with van der Waals surface area (Å²) in [6.07, 6.45) is 4.50. The number of likely N-dealkylation sites (N-methyl/N-ethyl adjacent to an activating group) is 1. The SMILES string of the molecule is CN1[C@H]2CCC[C@@H]1[C@H](OC(c1ccc(F)cc1)c1ccc(F)cc1)C2. The van der Waals surface area contributed by atoms with E-state index >= 15 is 0 Å². The van der Waals surface area contributed by atoms with Crippen LogP contribution in [0.2, 0.25) is 0 Å². The number of benzene rings is 2. The molecule has 0 amide bonds. The molecule has 132 valence electrons. The van der Waals surface area contributed by atoms with Gasteiger partial charge >= 0.3 is 0 Å². The fraction of sp³-hybridized carbons (Fsp3) is 0.429. The highest BCUT2D eigenvalue weighted by molar-refractivity contribution is 5.30. The van der Waals surface area contributed by atoms with Gasteiger partial charge in [-0.25, -0.2) is 8.78 Å². The first-order chi connectivity index (χ1) is 12.1. The molecule has 4 heteroatoms. The van der Waals surface area contributed by atoms with E-state index in [-0.39, 0.29) is 23.8 Å². The van der Waals surface area contributed by atoms with Gasteiger partial charge in [0.2, 0.25) is 0 Å². The average molecular weight is 343 g/mol. The minimum absolute atomic E-state index is 0.151. The van der Waals surface area contributed by atoms with Gasteiger partial charge in [0.1, 0.15) is 17.7 Å². The van der Waals surface area contributed by atoms with Crippen molar-refractivity contribution in [2.75, 3.05) is 7.05 Å². The van der Waals surface area contributed by atoms with Crippen LogP contribution in [0.3, 0.4) is 0 Å². The molecular formula is C21H23F2NO. The molecule has 0 saturated carbocycles. The number of piperidine rings is 1. The van der Waals surface area contributed by atoms with Crippen LogP contribution in [0.4, 0.5) is 8.78 Å². The Morgan fingerprint density at radius 2 is 1.48 bits per heavy atom. The molecule has 2 aliphatic rings. The Morgan fingerprint density at radius 3 is 2.00 bits per heavy atom. The Balaban J connectivity index is 1.63. The van der Waals surface area contributed by atoms with Gasteiger partial charge in [-0.05, 0) is 61.7 Å². The zero-order chi connectivity index (χ0) is 17.4. The summed E-state index contributed by atoms with van der Waals surface area (Å²) in [4.78, 5) is 2.44. The van der Waals surface area contributed by atoms with Crippen molar-refractivity contribution >= 4 is 0 Å². The summed E-state index contributed by atoms with van der Waals surface area (Å²) in [6, 6.07) is 13.9. The maximum Gasteiger partial charge on any atom is 0.123 e. The van der Waals surface area contributed by atoms with Gasteiger partial charge in [-0.3, -0.25) is 4.90 Å². The molecule has 25 heavy (non-hydrogen) atoms. The van der Waals surface area contributed by atoms with Crippen LogP contribution in [0.25, 0.3) is 0 Å². The third kappa shape index (κ3) is 3.33. The minimum Gasteiger partial charge on any atom is -0.364 e. The Kier molecular flexibility index (Phi) is 4.57. The highest BCUT2D eigenvalue weighted by atomic mass is 19.1. The molecule has 2 nitrogen and oxygen atoms in total. The number of nitrogens with zero attached hydrogens (tertiary/aromatic N) is 1. The maximum atomic E-state index is 13.3. The largest absolute Gasteiger partial charge is 0.364 e. The molecule has 2 bridgehead atoms. The van der Waals surface area contributed by atoms with E-state index in [1.54, 1.807) is 24.3 Å². The lowest BCUT2D eigenvalue weighted by Crippen LogP contribution is -2.39. The molecule has 3 atom stereocenters. The normalized spacial score (nSPS) is 26.3. The van der Waals surface area contributed by atoms with E-state index in [1.165, 1.54) is 37.1 Å². The molecule has 0 aliphatic carbocycles. The second kappa shape index (κ2) is 6.85. The first-order valence-corrected chi connectivity index (χ1v) is 9.00. The summed E-state index contributed by atoms with van der Waals surface area (Å²) in [6.45, 7) is 0. The molecule has 0 unspecified atom stereocenters. The molecule has 0 radical (unpaired) electrons. The van der Waals surface area contributed by atoms with Crippen LogP contribution in [-0.4, -0.2) is 30.1 Å². The number of halogens is 2. The zero-order valence-electron chi connectivity index (χ0n) is 14.4. The minimum atomic E-state index is -0.307. The fourth-order valence-corrected chi connectivity index (χ4v) is 4.34. The van der Waals surface area contributed by atoms with Crippen molar-refractivity contribution in [2.45, 2.75) is 50.0 Å². The number of fused-ring (bicyclic) bond motifs is 2. The Hall–Kier alpha value is -1.78. The van der Waals surface area contributed by atoms with Gasteiger partial charge < -0.3 is 4.74 Å². The van der Waals surface area contributed by atoms with Crippen molar-refractivity contribution < 1.29 is 13.5 Å². The van der Waals surface area contributed by atoms with Crippen molar-refractivity contribution in [3.05, 3.63) is 71.3 Å². The van der Waals surface area contributed by atoms with E-state index in [0.29, 0.717) is 12.1 Å². The molecule has 2 aliphatic heterocycles. The molecule has 2 aromatic carbocycles. The van der Waals surface area contributed by atoms with Gasteiger partial charge in [0.05, 0.1) is 6.10 Å². The highest BCUT2D eigenvalue weighted by Crippen LogP contribution is 2.39. The van der Waals surface area contributed by atoms with Gasteiger partial charge in [-0.2, -0.15) is 0 Å². The number of ether oxygens (including phenoxy) is 1. The summed E-state index contributed by atoms with van der Waals surface area (Å²) in [5, 5.41) is 0. The van der Waals surface area contributed by atoms with Crippen molar-refractivity contribution in [3.8, 4) is 0 Å². The molecule has 0 N–H and O–H groups in total. The third-order valence-corrected chi connectivity index (χ3v) is 5.73. The predicted octanol–water partition coefficient (Wildman–Crippen LogP) is 4.70. The van der Waals surface area contributed by atoms with Crippen LogP contribution in [0, 0.1) is 11.6 Å². The molecule has 0 aromatic heterocycles. The molecular weight excluding hydrogens is 320 g/mol. The molecule has 2 heterocycles. The first kappa shape index (κ1) is 16.7. The van der Waals surface area contributed by atoms with Gasteiger partial charge in [0.15, 0.2) is 0 Å². The average Bonchev–Trinajstić information content (AvgIpc) is 2.79. The third-order valence-electron chi connectivity index (χ3n) is 5.73. The van der Waals surface area contributed by atoms with E-state index in [0.717, 1.165) is 24.0 Å². The molecule has 2 saturated heterocycles. The van der Waals surface area contributed by atoms with Gasteiger partial charge in [0.25, 0.3) is 0 Å². The Bertz CT molecular complexity index is 670. The zero-order valence-corrected chi connectivity index (χ0v) is 14.4. The van der Waals surface area contributed by atoms with Crippen LogP contribution < -0.4 is 0 Å². The van der Waals surface area contributed by atoms with E-state index < -0.39 is 0 Å². The van der Waals surface area contributed by atoms with E-state index in [9.17, 15) is 8.78 Å². The smallest absolute Gasteiger partial charge is 0.123 e. The molecule has 4 rings (SSSR count). The second-order valence-corrected chi connectivity index (χ2v) is 7.21. The monoisotopic (exact) mass is 343 g/mol. The lowest BCUT2D eigenvalue weighted by Gasteiger charge is -2.33. The van der Waals surface area contributed by atoms with Crippen LogP contribution in [0.5, 0.6) is 0 Å². The van der Waals surface area contributed by atoms with Crippen molar-refractivity contribution in [1.82, 2.24) is 4.90 Å². The topological polar surface area (TPSA) is 12.5 Å². The quantitative estimate of drug-likeness (QED) is 0.798. The van der Waals surface area contributed by atoms with Crippen LogP contribution in [0.1, 0.15) is 42.9 Å². The lowest BCUT2D eigenvalue weighted by atomic mass is 10.00. The van der Waals surface area contributed by atoms with E-state index in [1.807, 2.05) is 0 Å². The standard InChI is InChI=1S/C21H23F2NO/c1-24-18-3-2-4-19(24)20(13-18)25-21(14-5-9-16(22)10-6-14)15-7-11-17(23)12-8-15/h5-12,18-21H,2-4,13H2,1H3/t18-,19+,20+/m0/s1. The number of rotatable bonds is 4. The van der Waals surface area contributed by atoms with Gasteiger partial charge in [-0.1, -0.05) is 30.7 Å². The molecule has 2 fully saturated rings. The van der Waals surface area contributed by atoms with Gasteiger partial charge in [0, 0.05) is 12.1 Å².